The molecule has 0 saturated carbocycles. The highest BCUT2D eigenvalue weighted by molar-refractivity contribution is 7.99. The molecule has 0 aromatic heterocycles. The van der Waals surface area contributed by atoms with Crippen LogP contribution in [0.3, 0.4) is 0 Å². The van der Waals surface area contributed by atoms with Crippen LogP contribution in [0.25, 0.3) is 0 Å². The van der Waals surface area contributed by atoms with Gasteiger partial charge in [-0.25, -0.2) is 4.79 Å². The molecule has 0 fully saturated rings. The monoisotopic (exact) mass is 272 g/mol. The molecule has 0 heterocycles. The van der Waals surface area contributed by atoms with Crippen molar-refractivity contribution in [2.75, 3.05) is 6.26 Å². The number of benzene rings is 2. The number of aryl methyl sites for hydroxylation is 1. The lowest BCUT2D eigenvalue weighted by Gasteiger charge is -2.19. The quantitative estimate of drug-likeness (QED) is 0.908. The van der Waals surface area contributed by atoms with E-state index in [1.165, 1.54) is 11.1 Å². The largest absolute Gasteiger partial charge is 0.478 e. The predicted molar refractivity (Wildman–Crippen MR) is 79.9 cm³/mol. The topological polar surface area (TPSA) is 37.3 Å². The number of aromatic carboxylic acids is 1. The molecular weight excluding hydrogens is 256 g/mol. The highest BCUT2D eigenvalue weighted by Gasteiger charge is 2.20. The maximum atomic E-state index is 11.3. The van der Waals surface area contributed by atoms with Crippen LogP contribution in [0.2, 0.25) is 0 Å². The van der Waals surface area contributed by atoms with Crippen molar-refractivity contribution in [3.63, 3.8) is 0 Å². The van der Waals surface area contributed by atoms with Gasteiger partial charge in [-0.15, -0.1) is 0 Å². The molecule has 2 nitrogen and oxygen atoms in total. The zero-order chi connectivity index (χ0) is 13.8. The lowest BCUT2D eigenvalue weighted by Crippen LogP contribution is -2.07. The number of thioether (sulfide) groups is 1. The van der Waals surface area contributed by atoms with Gasteiger partial charge in [-0.2, -0.15) is 11.8 Å². The molecule has 0 radical (unpaired) electrons. The number of hydrogen-bond donors (Lipinski definition) is 1. The molecule has 1 atom stereocenters. The van der Waals surface area contributed by atoms with E-state index < -0.39 is 5.97 Å². The van der Waals surface area contributed by atoms with E-state index in [0.717, 1.165) is 5.56 Å². The van der Waals surface area contributed by atoms with Crippen molar-refractivity contribution in [1.82, 2.24) is 0 Å². The van der Waals surface area contributed by atoms with Gasteiger partial charge in [0.05, 0.1) is 10.8 Å². The minimum Gasteiger partial charge on any atom is -0.478 e. The van der Waals surface area contributed by atoms with Gasteiger partial charge in [0.15, 0.2) is 0 Å². The molecule has 0 aliphatic rings. The Hall–Kier alpha value is -1.74. The van der Waals surface area contributed by atoms with E-state index in [1.54, 1.807) is 23.9 Å². The number of carboxylic acids is 1. The minimum atomic E-state index is -0.872. The SMILES string of the molecule is CSC(c1ccccc1C)c1ccccc1C(=O)O. The zero-order valence-corrected chi connectivity index (χ0v) is 11.8. The van der Waals surface area contributed by atoms with Crippen LogP contribution in [-0.4, -0.2) is 17.3 Å². The standard InChI is InChI=1S/C16H16O2S/c1-11-7-3-4-8-12(11)15(19-2)13-9-5-6-10-14(13)16(17)18/h3-10,15H,1-2H3,(H,17,18). The van der Waals surface area contributed by atoms with Gasteiger partial charge >= 0.3 is 5.97 Å². The molecular formula is C16H16O2S. The van der Waals surface area contributed by atoms with Crippen LogP contribution in [0.4, 0.5) is 0 Å². The average molecular weight is 272 g/mol. The summed E-state index contributed by atoms with van der Waals surface area (Å²) >= 11 is 1.66. The summed E-state index contributed by atoms with van der Waals surface area (Å²) in [6.45, 7) is 2.06. The molecule has 2 rings (SSSR count). The Morgan fingerprint density at radius 2 is 1.63 bits per heavy atom. The van der Waals surface area contributed by atoms with Crippen LogP contribution < -0.4 is 0 Å². The smallest absolute Gasteiger partial charge is 0.336 e. The Morgan fingerprint density at radius 3 is 2.21 bits per heavy atom. The van der Waals surface area contributed by atoms with Crippen molar-refractivity contribution in [2.45, 2.75) is 12.2 Å². The van der Waals surface area contributed by atoms with Gasteiger partial charge < -0.3 is 5.11 Å². The molecule has 2 aromatic carbocycles. The Balaban J connectivity index is 2.55. The summed E-state index contributed by atoms with van der Waals surface area (Å²) in [6, 6.07) is 15.3. The predicted octanol–water partition coefficient (Wildman–Crippen LogP) is 4.15. The minimum absolute atomic E-state index is 0.0495. The summed E-state index contributed by atoms with van der Waals surface area (Å²) in [5.74, 6) is -0.872. The maximum absolute atomic E-state index is 11.3. The molecule has 1 N–H and O–H groups in total. The van der Waals surface area contributed by atoms with Crippen molar-refractivity contribution in [3.8, 4) is 0 Å². The highest BCUT2D eigenvalue weighted by Crippen LogP contribution is 2.37. The summed E-state index contributed by atoms with van der Waals surface area (Å²) < 4.78 is 0. The average Bonchev–Trinajstić information content (AvgIpc) is 2.42. The third-order valence-electron chi connectivity index (χ3n) is 3.18. The lowest BCUT2D eigenvalue weighted by molar-refractivity contribution is 0.0696. The van der Waals surface area contributed by atoms with Gasteiger partial charge in [-0.1, -0.05) is 42.5 Å². The zero-order valence-electron chi connectivity index (χ0n) is 11.0. The van der Waals surface area contributed by atoms with Crippen LogP contribution in [0.5, 0.6) is 0 Å². The molecule has 0 aliphatic heterocycles. The summed E-state index contributed by atoms with van der Waals surface area (Å²) in [5.41, 5.74) is 3.59. The van der Waals surface area contributed by atoms with Gasteiger partial charge in [0.1, 0.15) is 0 Å². The van der Waals surface area contributed by atoms with E-state index in [9.17, 15) is 9.90 Å². The van der Waals surface area contributed by atoms with Crippen molar-refractivity contribution in [1.29, 1.82) is 0 Å². The maximum Gasteiger partial charge on any atom is 0.336 e. The van der Waals surface area contributed by atoms with E-state index in [4.69, 9.17) is 0 Å². The second kappa shape index (κ2) is 5.93. The van der Waals surface area contributed by atoms with E-state index in [-0.39, 0.29) is 5.25 Å². The van der Waals surface area contributed by atoms with Gasteiger partial charge in [-0.05, 0) is 35.9 Å². The molecule has 19 heavy (non-hydrogen) atoms. The first-order valence-electron chi connectivity index (χ1n) is 6.05. The first kappa shape index (κ1) is 13.7. The molecule has 0 saturated heterocycles. The Kier molecular flexibility index (Phi) is 4.27. The Morgan fingerprint density at radius 1 is 1.05 bits per heavy atom. The molecule has 0 bridgehead atoms. The second-order valence-electron chi connectivity index (χ2n) is 4.36. The van der Waals surface area contributed by atoms with E-state index in [0.29, 0.717) is 5.56 Å². The van der Waals surface area contributed by atoms with Gasteiger partial charge in [0.2, 0.25) is 0 Å². The van der Waals surface area contributed by atoms with Crippen LogP contribution in [-0.2, 0) is 0 Å². The van der Waals surface area contributed by atoms with Crippen LogP contribution in [0, 0.1) is 6.92 Å². The van der Waals surface area contributed by atoms with Crippen molar-refractivity contribution >= 4 is 17.7 Å². The van der Waals surface area contributed by atoms with Crippen LogP contribution >= 0.6 is 11.8 Å². The van der Waals surface area contributed by atoms with Crippen LogP contribution in [0.15, 0.2) is 48.5 Å². The van der Waals surface area contributed by atoms with Crippen molar-refractivity contribution < 1.29 is 9.90 Å². The van der Waals surface area contributed by atoms with Crippen molar-refractivity contribution in [2.24, 2.45) is 0 Å². The summed E-state index contributed by atoms with van der Waals surface area (Å²) in [6.07, 6.45) is 2.01. The Labute approximate surface area is 117 Å². The van der Waals surface area contributed by atoms with Crippen molar-refractivity contribution in [3.05, 3.63) is 70.8 Å². The highest BCUT2D eigenvalue weighted by atomic mass is 32.2. The molecule has 0 amide bonds. The summed E-state index contributed by atoms with van der Waals surface area (Å²) in [5, 5.41) is 9.37. The summed E-state index contributed by atoms with van der Waals surface area (Å²) in [7, 11) is 0. The number of carbonyl (C=O) groups is 1. The molecule has 98 valence electrons. The second-order valence-corrected chi connectivity index (χ2v) is 5.31. The molecule has 2 aromatic rings. The third kappa shape index (κ3) is 2.82. The third-order valence-corrected chi connectivity index (χ3v) is 4.16. The lowest BCUT2D eigenvalue weighted by atomic mass is 9.96. The normalized spacial score (nSPS) is 12.1. The molecule has 0 spiro atoms. The fourth-order valence-electron chi connectivity index (χ4n) is 2.22. The molecule has 1 unspecified atom stereocenters. The number of hydrogen-bond acceptors (Lipinski definition) is 2. The molecule has 3 heteroatoms. The first-order chi connectivity index (χ1) is 9.15. The fourth-order valence-corrected chi connectivity index (χ4v) is 3.20. The van der Waals surface area contributed by atoms with Gasteiger partial charge in [0, 0.05) is 0 Å². The van der Waals surface area contributed by atoms with Gasteiger partial charge in [0.25, 0.3) is 0 Å². The van der Waals surface area contributed by atoms with E-state index in [2.05, 4.69) is 19.1 Å². The van der Waals surface area contributed by atoms with Crippen LogP contribution in [0.1, 0.15) is 32.3 Å². The molecule has 0 aliphatic carbocycles. The van der Waals surface area contributed by atoms with Gasteiger partial charge in [-0.3, -0.25) is 0 Å². The first-order valence-corrected chi connectivity index (χ1v) is 7.34. The van der Waals surface area contributed by atoms with E-state index >= 15 is 0 Å². The number of rotatable bonds is 4. The Bertz CT molecular complexity index is 593. The summed E-state index contributed by atoms with van der Waals surface area (Å²) in [4.78, 5) is 11.3. The van der Waals surface area contributed by atoms with E-state index in [1.807, 2.05) is 30.5 Å². The number of carboxylic acid groups (broad SMARTS) is 1. The fraction of sp³-hybridized carbons (Fsp3) is 0.188.